The number of benzene rings is 1. The molecule has 0 heterocycles. The Morgan fingerprint density at radius 2 is 1.61 bits per heavy atom. The number of esters is 2. The van der Waals surface area contributed by atoms with Crippen LogP contribution in [0.3, 0.4) is 0 Å². The van der Waals surface area contributed by atoms with Gasteiger partial charge in [0.15, 0.2) is 0 Å². The summed E-state index contributed by atoms with van der Waals surface area (Å²) in [6, 6.07) is 3.60. The first kappa shape index (κ1) is 23.1. The molecule has 3 atom stereocenters. The number of hydrogen-bond acceptors (Lipinski definition) is 6. The Labute approximate surface area is 162 Å². The number of hydrogen-bond donors (Lipinski definition) is 2. The van der Waals surface area contributed by atoms with Crippen molar-refractivity contribution in [1.29, 1.82) is 0 Å². The molecule has 2 amide bonds. The minimum absolute atomic E-state index is 0.0580. The molecule has 1 rings (SSSR count). The Morgan fingerprint density at radius 3 is 2.14 bits per heavy atom. The van der Waals surface area contributed by atoms with Gasteiger partial charge in [0.1, 0.15) is 17.9 Å². The maximum absolute atomic E-state index is 13.9. The number of rotatable bonds is 9. The molecular formula is C19H25FN2O6. The standard InChI is InChI=1S/C19H25FN2O6/c1-11(18(25)27-3)9-16(19(26)28-4)22-17(24)15(21-12(2)23)10-13-7-5-6-8-14(13)20/h5-8,11,15-16H,9-10H2,1-4H3,(H,21,23)(H,22,24)/t11-,15-,16-/m0/s1. The van der Waals surface area contributed by atoms with Crippen LogP contribution in [0, 0.1) is 11.7 Å². The molecule has 0 fully saturated rings. The number of amides is 2. The van der Waals surface area contributed by atoms with Gasteiger partial charge in [-0.05, 0) is 18.1 Å². The molecule has 0 bridgehead atoms. The Bertz CT molecular complexity index is 724. The topological polar surface area (TPSA) is 111 Å². The van der Waals surface area contributed by atoms with E-state index in [0.29, 0.717) is 0 Å². The van der Waals surface area contributed by atoms with Crippen molar-refractivity contribution < 1.29 is 33.0 Å². The molecule has 0 radical (unpaired) electrons. The van der Waals surface area contributed by atoms with E-state index in [2.05, 4.69) is 20.1 Å². The summed E-state index contributed by atoms with van der Waals surface area (Å²) < 4.78 is 23.2. The van der Waals surface area contributed by atoms with Crippen molar-refractivity contribution in [1.82, 2.24) is 10.6 Å². The third-order valence-corrected chi connectivity index (χ3v) is 4.07. The Morgan fingerprint density at radius 1 is 1.00 bits per heavy atom. The van der Waals surface area contributed by atoms with Crippen LogP contribution in [-0.2, 0) is 35.1 Å². The van der Waals surface area contributed by atoms with Crippen molar-refractivity contribution in [2.75, 3.05) is 14.2 Å². The third-order valence-electron chi connectivity index (χ3n) is 4.07. The minimum atomic E-state index is -1.14. The highest BCUT2D eigenvalue weighted by Gasteiger charge is 2.30. The second-order valence-electron chi connectivity index (χ2n) is 6.29. The molecule has 2 N–H and O–H groups in total. The molecule has 0 spiro atoms. The van der Waals surface area contributed by atoms with E-state index in [1.165, 1.54) is 32.2 Å². The Kier molecular flexibility index (Phi) is 9.07. The lowest BCUT2D eigenvalue weighted by Gasteiger charge is -2.23. The van der Waals surface area contributed by atoms with Crippen molar-refractivity contribution in [3.05, 3.63) is 35.6 Å². The number of carbonyl (C=O) groups is 4. The molecule has 0 saturated heterocycles. The number of halogens is 1. The van der Waals surface area contributed by atoms with E-state index in [4.69, 9.17) is 0 Å². The van der Waals surface area contributed by atoms with Crippen molar-refractivity contribution in [3.8, 4) is 0 Å². The van der Waals surface area contributed by atoms with Crippen molar-refractivity contribution in [2.24, 2.45) is 5.92 Å². The highest BCUT2D eigenvalue weighted by Crippen LogP contribution is 2.12. The van der Waals surface area contributed by atoms with Crippen LogP contribution in [-0.4, -0.2) is 50.1 Å². The fourth-order valence-electron chi connectivity index (χ4n) is 2.62. The van der Waals surface area contributed by atoms with Crippen LogP contribution in [0.15, 0.2) is 24.3 Å². The zero-order valence-corrected chi connectivity index (χ0v) is 16.3. The quantitative estimate of drug-likeness (QED) is 0.596. The first-order chi connectivity index (χ1) is 13.2. The zero-order chi connectivity index (χ0) is 21.3. The summed E-state index contributed by atoms with van der Waals surface area (Å²) in [7, 11) is 2.36. The van der Waals surface area contributed by atoms with Crippen LogP contribution in [0.4, 0.5) is 4.39 Å². The summed E-state index contributed by atoms with van der Waals surface area (Å²) in [5.41, 5.74) is 0.231. The summed E-state index contributed by atoms with van der Waals surface area (Å²) in [4.78, 5) is 47.8. The van der Waals surface area contributed by atoms with Crippen LogP contribution in [0.5, 0.6) is 0 Å². The molecule has 1 aromatic carbocycles. The van der Waals surface area contributed by atoms with E-state index in [9.17, 15) is 23.6 Å². The molecule has 0 aliphatic rings. The van der Waals surface area contributed by atoms with Gasteiger partial charge < -0.3 is 20.1 Å². The van der Waals surface area contributed by atoms with Crippen molar-refractivity contribution in [3.63, 3.8) is 0 Å². The van der Waals surface area contributed by atoms with Gasteiger partial charge in [0.2, 0.25) is 11.8 Å². The molecule has 0 aromatic heterocycles. The van der Waals surface area contributed by atoms with Gasteiger partial charge in [0, 0.05) is 13.3 Å². The van der Waals surface area contributed by atoms with Crippen molar-refractivity contribution in [2.45, 2.75) is 38.8 Å². The Hall–Kier alpha value is -2.97. The number of ether oxygens (including phenoxy) is 2. The molecule has 0 saturated carbocycles. The van der Waals surface area contributed by atoms with Crippen LogP contribution in [0.2, 0.25) is 0 Å². The van der Waals surface area contributed by atoms with Crippen LogP contribution < -0.4 is 10.6 Å². The van der Waals surface area contributed by atoms with E-state index in [1.807, 2.05) is 0 Å². The molecule has 0 aliphatic heterocycles. The smallest absolute Gasteiger partial charge is 0.328 e. The molecule has 1 aromatic rings. The normalized spacial score (nSPS) is 13.6. The number of carbonyl (C=O) groups excluding carboxylic acids is 4. The molecule has 0 unspecified atom stereocenters. The first-order valence-corrected chi connectivity index (χ1v) is 8.66. The van der Waals surface area contributed by atoms with E-state index >= 15 is 0 Å². The maximum Gasteiger partial charge on any atom is 0.328 e. The molecule has 9 heteroatoms. The fraction of sp³-hybridized carbons (Fsp3) is 0.474. The summed E-state index contributed by atoms with van der Waals surface area (Å²) in [6.45, 7) is 2.76. The van der Waals surface area contributed by atoms with Gasteiger partial charge in [-0.25, -0.2) is 9.18 Å². The lowest BCUT2D eigenvalue weighted by atomic mass is 10.00. The fourth-order valence-corrected chi connectivity index (χ4v) is 2.62. The number of nitrogens with one attached hydrogen (secondary N) is 2. The third kappa shape index (κ3) is 6.98. The molecule has 28 heavy (non-hydrogen) atoms. The van der Waals surface area contributed by atoms with Gasteiger partial charge in [0.05, 0.1) is 20.1 Å². The predicted molar refractivity (Wildman–Crippen MR) is 97.5 cm³/mol. The van der Waals surface area contributed by atoms with E-state index in [-0.39, 0.29) is 18.4 Å². The second-order valence-corrected chi connectivity index (χ2v) is 6.29. The van der Waals surface area contributed by atoms with Gasteiger partial charge in [0.25, 0.3) is 0 Å². The second kappa shape index (κ2) is 11.0. The molecule has 8 nitrogen and oxygen atoms in total. The van der Waals surface area contributed by atoms with Gasteiger partial charge in [-0.3, -0.25) is 14.4 Å². The average molecular weight is 396 g/mol. The van der Waals surface area contributed by atoms with Gasteiger partial charge in [-0.2, -0.15) is 0 Å². The largest absolute Gasteiger partial charge is 0.469 e. The van der Waals surface area contributed by atoms with Gasteiger partial charge in [-0.15, -0.1) is 0 Å². The summed E-state index contributed by atoms with van der Waals surface area (Å²) in [5.74, 6) is -3.70. The van der Waals surface area contributed by atoms with Crippen LogP contribution >= 0.6 is 0 Å². The van der Waals surface area contributed by atoms with Crippen LogP contribution in [0.1, 0.15) is 25.8 Å². The SMILES string of the molecule is COC(=O)[C@H](C[C@H](C)C(=O)OC)NC(=O)[C@H](Cc1ccccc1F)NC(C)=O. The molecule has 0 aliphatic carbocycles. The molecular weight excluding hydrogens is 371 g/mol. The van der Waals surface area contributed by atoms with Crippen LogP contribution in [0.25, 0.3) is 0 Å². The highest BCUT2D eigenvalue weighted by atomic mass is 19.1. The average Bonchev–Trinajstić information content (AvgIpc) is 2.66. The Balaban J connectivity index is 2.97. The maximum atomic E-state index is 13.9. The number of methoxy groups -OCH3 is 2. The monoisotopic (exact) mass is 396 g/mol. The first-order valence-electron chi connectivity index (χ1n) is 8.66. The highest BCUT2D eigenvalue weighted by molar-refractivity contribution is 5.90. The van der Waals surface area contributed by atoms with E-state index in [0.717, 1.165) is 7.11 Å². The lowest BCUT2D eigenvalue weighted by Crippen LogP contribution is -2.53. The zero-order valence-electron chi connectivity index (χ0n) is 16.3. The van der Waals surface area contributed by atoms with Crippen molar-refractivity contribution >= 4 is 23.8 Å². The lowest BCUT2D eigenvalue weighted by molar-refractivity contribution is -0.149. The minimum Gasteiger partial charge on any atom is -0.469 e. The van der Waals surface area contributed by atoms with E-state index < -0.39 is 47.6 Å². The summed E-state index contributed by atoms with van der Waals surface area (Å²) >= 11 is 0. The van der Waals surface area contributed by atoms with Gasteiger partial charge in [-0.1, -0.05) is 25.1 Å². The molecule has 154 valence electrons. The predicted octanol–water partition coefficient (Wildman–Crippen LogP) is 0.730. The van der Waals surface area contributed by atoms with Gasteiger partial charge >= 0.3 is 11.9 Å². The summed E-state index contributed by atoms with van der Waals surface area (Å²) in [5, 5.41) is 4.91. The van der Waals surface area contributed by atoms with E-state index in [1.54, 1.807) is 13.0 Å². The summed E-state index contributed by atoms with van der Waals surface area (Å²) in [6.07, 6.45) is -0.171.